The summed E-state index contributed by atoms with van der Waals surface area (Å²) in [6, 6.07) is 5.70. The molecule has 0 aliphatic rings. The van der Waals surface area contributed by atoms with Crippen molar-refractivity contribution in [3.8, 4) is 0 Å². The first kappa shape index (κ1) is 10.9. The molecule has 0 aliphatic heterocycles. The molecular weight excluding hydrogens is 202 g/mol. The maximum absolute atomic E-state index is 11.6. The van der Waals surface area contributed by atoms with E-state index >= 15 is 0 Å². The van der Waals surface area contributed by atoms with Gasteiger partial charge in [0.15, 0.2) is 5.89 Å². The van der Waals surface area contributed by atoms with Gasteiger partial charge in [-0.25, -0.2) is 9.78 Å². The van der Waals surface area contributed by atoms with Gasteiger partial charge in [-0.2, -0.15) is 0 Å². The molecule has 1 heterocycles. The molecule has 2 rings (SSSR count). The largest absolute Gasteiger partial charge is 0.408 e. The lowest BCUT2D eigenvalue weighted by atomic mass is 9.87. The van der Waals surface area contributed by atoms with Gasteiger partial charge in [0.2, 0.25) is 0 Å². The number of hydrogen-bond donors (Lipinski definition) is 0. The van der Waals surface area contributed by atoms with Crippen LogP contribution in [0.5, 0.6) is 0 Å². The highest BCUT2D eigenvalue weighted by atomic mass is 16.4. The van der Waals surface area contributed by atoms with Gasteiger partial charge in [0.25, 0.3) is 0 Å². The van der Waals surface area contributed by atoms with Gasteiger partial charge < -0.3 is 4.42 Å². The van der Waals surface area contributed by atoms with Crippen molar-refractivity contribution < 1.29 is 4.42 Å². The third-order valence-corrected chi connectivity index (χ3v) is 2.60. The number of fused-ring (bicyclic) bond motifs is 1. The molecule has 0 saturated heterocycles. The van der Waals surface area contributed by atoms with Crippen LogP contribution in [0.15, 0.2) is 27.4 Å². The molecule has 0 amide bonds. The molecule has 0 N–H and O–H groups in total. The molecular formula is C13H15NO2. The van der Waals surface area contributed by atoms with E-state index in [0.717, 1.165) is 5.56 Å². The minimum atomic E-state index is -0.317. The number of aromatic nitrogens is 1. The Hall–Kier alpha value is -1.64. The van der Waals surface area contributed by atoms with Crippen LogP contribution in [0.3, 0.4) is 0 Å². The molecule has 0 radical (unpaired) electrons. The zero-order valence-corrected chi connectivity index (χ0v) is 10.00. The Balaban J connectivity index is 2.76. The minimum absolute atomic E-state index is 0.0554. The van der Waals surface area contributed by atoms with Crippen LogP contribution in [0.4, 0.5) is 0 Å². The van der Waals surface area contributed by atoms with Crippen molar-refractivity contribution in [3.05, 3.63) is 40.1 Å². The summed E-state index contributed by atoms with van der Waals surface area (Å²) in [7, 11) is 0. The second-order valence-corrected chi connectivity index (χ2v) is 5.00. The third-order valence-electron chi connectivity index (χ3n) is 2.60. The highest BCUT2D eigenvalue weighted by Crippen LogP contribution is 2.24. The zero-order valence-electron chi connectivity index (χ0n) is 10.00. The molecule has 0 atom stereocenters. The summed E-state index contributed by atoms with van der Waals surface area (Å²) in [5.41, 5.74) is 1.61. The number of hydrogen-bond acceptors (Lipinski definition) is 3. The molecule has 3 nitrogen and oxygen atoms in total. The molecule has 3 heteroatoms. The van der Waals surface area contributed by atoms with Crippen LogP contribution in [0.2, 0.25) is 0 Å². The lowest BCUT2D eigenvalue weighted by Crippen LogP contribution is -2.12. The quantitative estimate of drug-likeness (QED) is 0.681. The predicted octanol–water partition coefficient (Wildman–Crippen LogP) is 2.79. The average molecular weight is 217 g/mol. The topological polar surface area (TPSA) is 43.1 Å². The predicted molar refractivity (Wildman–Crippen MR) is 63.7 cm³/mol. The van der Waals surface area contributed by atoms with Crippen LogP contribution in [0.25, 0.3) is 10.9 Å². The summed E-state index contributed by atoms with van der Waals surface area (Å²) in [4.78, 5) is 15.8. The second kappa shape index (κ2) is 3.44. The van der Waals surface area contributed by atoms with Gasteiger partial charge in [-0.15, -0.1) is 0 Å². The molecule has 84 valence electrons. The molecule has 1 aromatic carbocycles. The van der Waals surface area contributed by atoms with E-state index in [1.165, 1.54) is 0 Å². The second-order valence-electron chi connectivity index (χ2n) is 5.00. The SMILES string of the molecule is Cc1nc2cc(C(C)(C)C)ccc2c(=O)o1. The summed E-state index contributed by atoms with van der Waals surface area (Å²) in [5.74, 6) is 0.406. The van der Waals surface area contributed by atoms with Crippen LogP contribution in [0.1, 0.15) is 32.2 Å². The van der Waals surface area contributed by atoms with Crippen molar-refractivity contribution in [3.63, 3.8) is 0 Å². The molecule has 0 spiro atoms. The molecule has 0 fully saturated rings. The van der Waals surface area contributed by atoms with E-state index in [9.17, 15) is 4.79 Å². The monoisotopic (exact) mass is 217 g/mol. The van der Waals surface area contributed by atoms with Gasteiger partial charge in [-0.1, -0.05) is 26.8 Å². The maximum atomic E-state index is 11.6. The number of rotatable bonds is 0. The van der Waals surface area contributed by atoms with Crippen LogP contribution >= 0.6 is 0 Å². The van der Waals surface area contributed by atoms with Gasteiger partial charge in [0.1, 0.15) is 0 Å². The lowest BCUT2D eigenvalue weighted by Gasteiger charge is -2.18. The van der Waals surface area contributed by atoms with E-state index in [4.69, 9.17) is 4.42 Å². The fourth-order valence-electron chi connectivity index (χ4n) is 1.64. The van der Waals surface area contributed by atoms with E-state index in [1.807, 2.05) is 12.1 Å². The van der Waals surface area contributed by atoms with E-state index in [0.29, 0.717) is 16.8 Å². The number of aryl methyl sites for hydroxylation is 1. The van der Waals surface area contributed by atoms with Gasteiger partial charge in [0, 0.05) is 6.92 Å². The normalized spacial score (nSPS) is 12.0. The Morgan fingerprint density at radius 1 is 1.25 bits per heavy atom. The van der Waals surface area contributed by atoms with Crippen molar-refractivity contribution in [1.82, 2.24) is 4.98 Å². The lowest BCUT2D eigenvalue weighted by molar-refractivity contribution is 0.467. The molecule has 1 aromatic heterocycles. The standard InChI is InChI=1S/C13H15NO2/c1-8-14-11-7-9(13(2,3)4)5-6-10(11)12(15)16-8/h5-7H,1-4H3. The smallest absolute Gasteiger partial charge is 0.346 e. The van der Waals surface area contributed by atoms with Crippen molar-refractivity contribution in [2.45, 2.75) is 33.1 Å². The molecule has 0 unspecified atom stereocenters. The highest BCUT2D eigenvalue weighted by molar-refractivity contribution is 5.78. The fraction of sp³-hybridized carbons (Fsp3) is 0.385. The molecule has 0 saturated carbocycles. The Bertz CT molecular complexity index is 591. The first-order valence-corrected chi connectivity index (χ1v) is 5.30. The summed E-state index contributed by atoms with van der Waals surface area (Å²) in [5, 5.41) is 0.540. The summed E-state index contributed by atoms with van der Waals surface area (Å²) in [6.07, 6.45) is 0. The fourth-order valence-corrected chi connectivity index (χ4v) is 1.64. The van der Waals surface area contributed by atoms with Crippen LogP contribution < -0.4 is 5.63 Å². The molecule has 2 aromatic rings. The van der Waals surface area contributed by atoms with Crippen molar-refractivity contribution in [1.29, 1.82) is 0 Å². The van der Waals surface area contributed by atoms with Crippen molar-refractivity contribution >= 4 is 10.9 Å². The van der Waals surface area contributed by atoms with Gasteiger partial charge >= 0.3 is 5.63 Å². The van der Waals surface area contributed by atoms with Crippen molar-refractivity contribution in [2.75, 3.05) is 0 Å². The van der Waals surface area contributed by atoms with Gasteiger partial charge in [-0.3, -0.25) is 0 Å². The minimum Gasteiger partial charge on any atom is -0.408 e. The van der Waals surface area contributed by atoms with E-state index < -0.39 is 0 Å². The third kappa shape index (κ3) is 1.85. The maximum Gasteiger partial charge on any atom is 0.346 e. The van der Waals surface area contributed by atoms with Gasteiger partial charge in [0.05, 0.1) is 10.9 Å². The molecule has 0 bridgehead atoms. The highest BCUT2D eigenvalue weighted by Gasteiger charge is 2.15. The van der Waals surface area contributed by atoms with Crippen LogP contribution in [-0.2, 0) is 5.41 Å². The van der Waals surface area contributed by atoms with E-state index in [1.54, 1.807) is 13.0 Å². The van der Waals surface area contributed by atoms with Crippen molar-refractivity contribution in [2.24, 2.45) is 0 Å². The number of benzene rings is 1. The van der Waals surface area contributed by atoms with Crippen LogP contribution in [0, 0.1) is 6.92 Å². The first-order chi connectivity index (χ1) is 7.38. The summed E-state index contributed by atoms with van der Waals surface area (Å²) < 4.78 is 4.95. The van der Waals surface area contributed by atoms with Gasteiger partial charge in [-0.05, 0) is 23.1 Å². The van der Waals surface area contributed by atoms with E-state index in [-0.39, 0.29) is 11.0 Å². The van der Waals surface area contributed by atoms with Crippen LogP contribution in [-0.4, -0.2) is 4.98 Å². The number of nitrogens with zero attached hydrogens (tertiary/aromatic N) is 1. The van der Waals surface area contributed by atoms with E-state index in [2.05, 4.69) is 25.8 Å². The first-order valence-electron chi connectivity index (χ1n) is 5.30. The molecule has 0 aliphatic carbocycles. The molecule has 16 heavy (non-hydrogen) atoms. The Kier molecular flexibility index (Phi) is 2.34. The Morgan fingerprint density at radius 3 is 2.56 bits per heavy atom. The summed E-state index contributed by atoms with van der Waals surface area (Å²) in [6.45, 7) is 8.08. The Labute approximate surface area is 94.1 Å². The zero-order chi connectivity index (χ0) is 11.9. The summed E-state index contributed by atoms with van der Waals surface area (Å²) >= 11 is 0. The average Bonchev–Trinajstić information content (AvgIpc) is 2.15. The Morgan fingerprint density at radius 2 is 1.94 bits per heavy atom.